The van der Waals surface area contributed by atoms with Gasteiger partial charge >= 0.3 is 0 Å². The van der Waals surface area contributed by atoms with Gasteiger partial charge < -0.3 is 4.74 Å². The summed E-state index contributed by atoms with van der Waals surface area (Å²) in [5.74, 6) is 0.00171. The number of aryl methyl sites for hydroxylation is 1. The van der Waals surface area contributed by atoms with E-state index in [1.165, 1.54) is 13.2 Å². The lowest BCUT2D eigenvalue weighted by molar-refractivity contribution is 0.408. The zero-order chi connectivity index (χ0) is 7.56. The smallest absolute Gasteiger partial charge is 0.216 e. The highest BCUT2D eigenvalue weighted by atomic mass is 19.1. The van der Waals surface area contributed by atoms with Crippen molar-refractivity contribution in [3.63, 3.8) is 0 Å². The Morgan fingerprint density at radius 1 is 1.50 bits per heavy atom. The molecule has 2 nitrogen and oxygen atoms in total. The minimum absolute atomic E-state index is 0.503. The van der Waals surface area contributed by atoms with E-state index < -0.39 is 5.95 Å². The molecule has 3 heteroatoms. The zero-order valence-electron chi connectivity index (χ0n) is 5.89. The Bertz CT molecular complexity index is 217. The van der Waals surface area contributed by atoms with Crippen molar-refractivity contribution in [2.75, 3.05) is 7.11 Å². The van der Waals surface area contributed by atoms with Crippen LogP contribution < -0.4 is 4.74 Å². The molecule has 0 aliphatic carbocycles. The first-order valence-electron chi connectivity index (χ1n) is 2.90. The van der Waals surface area contributed by atoms with Gasteiger partial charge in [0, 0.05) is 17.8 Å². The Labute approximate surface area is 58.7 Å². The van der Waals surface area contributed by atoms with Crippen molar-refractivity contribution in [3.05, 3.63) is 23.8 Å². The molecule has 0 amide bonds. The molecule has 0 radical (unpaired) electrons. The molecule has 0 spiro atoms. The molecule has 1 rings (SSSR count). The molecule has 54 valence electrons. The summed E-state index contributed by atoms with van der Waals surface area (Å²) in [5, 5.41) is 0. The molecule has 0 aromatic carbocycles. The van der Waals surface area contributed by atoms with E-state index in [0.29, 0.717) is 11.4 Å². The van der Waals surface area contributed by atoms with E-state index in [-0.39, 0.29) is 0 Å². The number of hydrogen-bond donors (Lipinski definition) is 0. The molecule has 0 atom stereocenters. The first-order valence-corrected chi connectivity index (χ1v) is 2.90. The number of methoxy groups -OCH3 is 1. The normalized spacial score (nSPS) is 9.50. The van der Waals surface area contributed by atoms with E-state index in [0.717, 1.165) is 0 Å². The van der Waals surface area contributed by atoms with Crippen molar-refractivity contribution in [1.29, 1.82) is 0 Å². The van der Waals surface area contributed by atoms with Crippen LogP contribution in [0, 0.1) is 12.9 Å². The Hall–Kier alpha value is -1.12. The maximum absolute atomic E-state index is 12.4. The van der Waals surface area contributed by atoms with Crippen LogP contribution >= 0.6 is 0 Å². The number of ether oxygens (including phenoxy) is 1. The van der Waals surface area contributed by atoms with Crippen molar-refractivity contribution in [3.8, 4) is 5.75 Å². The molecule has 1 aromatic heterocycles. The van der Waals surface area contributed by atoms with Gasteiger partial charge in [0.15, 0.2) is 0 Å². The fourth-order valence-corrected chi connectivity index (χ4v) is 0.716. The molecule has 0 saturated carbocycles. The standard InChI is InChI=1S/C7H8FNO/c1-5-3-6(10-2)4-7(8)9-5/h3-4H,1-2H3. The van der Waals surface area contributed by atoms with Gasteiger partial charge in [0.05, 0.1) is 7.11 Å². The van der Waals surface area contributed by atoms with E-state index >= 15 is 0 Å². The minimum Gasteiger partial charge on any atom is -0.497 e. The third kappa shape index (κ3) is 1.43. The molecule has 0 saturated heterocycles. The van der Waals surface area contributed by atoms with Crippen LogP contribution in [0.3, 0.4) is 0 Å². The van der Waals surface area contributed by atoms with E-state index in [4.69, 9.17) is 4.74 Å². The molecule has 10 heavy (non-hydrogen) atoms. The first kappa shape index (κ1) is 6.99. The van der Waals surface area contributed by atoms with Gasteiger partial charge in [-0.2, -0.15) is 4.39 Å². The van der Waals surface area contributed by atoms with Gasteiger partial charge in [-0.15, -0.1) is 0 Å². The third-order valence-corrected chi connectivity index (χ3v) is 1.13. The van der Waals surface area contributed by atoms with Crippen molar-refractivity contribution in [2.45, 2.75) is 6.92 Å². The van der Waals surface area contributed by atoms with E-state index in [1.807, 2.05) is 0 Å². The van der Waals surface area contributed by atoms with Crippen LogP contribution in [0.4, 0.5) is 4.39 Å². The fraction of sp³-hybridized carbons (Fsp3) is 0.286. The second-order valence-electron chi connectivity index (χ2n) is 1.97. The number of halogens is 1. The lowest BCUT2D eigenvalue weighted by Crippen LogP contribution is -1.89. The van der Waals surface area contributed by atoms with Gasteiger partial charge in [0.1, 0.15) is 5.75 Å². The largest absolute Gasteiger partial charge is 0.497 e. The monoisotopic (exact) mass is 141 g/mol. The Morgan fingerprint density at radius 2 is 2.20 bits per heavy atom. The number of nitrogens with zero attached hydrogens (tertiary/aromatic N) is 1. The highest BCUT2D eigenvalue weighted by molar-refractivity contribution is 5.22. The summed E-state index contributed by atoms with van der Waals surface area (Å²) in [6.07, 6.45) is 0. The predicted octanol–water partition coefficient (Wildman–Crippen LogP) is 1.54. The second-order valence-corrected chi connectivity index (χ2v) is 1.97. The number of aromatic nitrogens is 1. The lowest BCUT2D eigenvalue weighted by atomic mass is 10.3. The van der Waals surface area contributed by atoms with E-state index in [9.17, 15) is 4.39 Å². The summed E-state index contributed by atoms with van der Waals surface area (Å²) in [6.45, 7) is 1.71. The van der Waals surface area contributed by atoms with Crippen molar-refractivity contribution in [1.82, 2.24) is 4.98 Å². The summed E-state index contributed by atoms with van der Waals surface area (Å²) in [7, 11) is 1.49. The van der Waals surface area contributed by atoms with Crippen LogP contribution in [0.2, 0.25) is 0 Å². The topological polar surface area (TPSA) is 22.1 Å². The van der Waals surface area contributed by atoms with Crippen LogP contribution in [-0.2, 0) is 0 Å². The first-order chi connectivity index (χ1) is 4.72. The lowest BCUT2D eigenvalue weighted by Gasteiger charge is -1.98. The zero-order valence-corrected chi connectivity index (χ0v) is 5.89. The van der Waals surface area contributed by atoms with Crippen LogP contribution in [-0.4, -0.2) is 12.1 Å². The average molecular weight is 141 g/mol. The summed E-state index contributed by atoms with van der Waals surface area (Å²) in [5.41, 5.74) is 0.622. The average Bonchev–Trinajstić information content (AvgIpc) is 1.85. The highest BCUT2D eigenvalue weighted by Crippen LogP contribution is 2.11. The van der Waals surface area contributed by atoms with Gasteiger partial charge in [-0.05, 0) is 6.92 Å². The highest BCUT2D eigenvalue weighted by Gasteiger charge is 1.96. The van der Waals surface area contributed by atoms with Crippen LogP contribution in [0.25, 0.3) is 0 Å². The molecular weight excluding hydrogens is 133 g/mol. The quantitative estimate of drug-likeness (QED) is 0.553. The van der Waals surface area contributed by atoms with Crippen LogP contribution in [0.1, 0.15) is 5.69 Å². The molecule has 0 aliphatic rings. The molecule has 0 N–H and O–H groups in total. The number of pyridine rings is 1. The fourth-order valence-electron chi connectivity index (χ4n) is 0.716. The molecule has 0 unspecified atom stereocenters. The van der Waals surface area contributed by atoms with Gasteiger partial charge in [0.2, 0.25) is 5.95 Å². The summed E-state index contributed by atoms with van der Waals surface area (Å²) in [4.78, 5) is 3.54. The summed E-state index contributed by atoms with van der Waals surface area (Å²) >= 11 is 0. The van der Waals surface area contributed by atoms with Crippen LogP contribution in [0.5, 0.6) is 5.75 Å². The summed E-state index contributed by atoms with van der Waals surface area (Å²) < 4.78 is 17.2. The second kappa shape index (κ2) is 2.64. The molecule has 0 aliphatic heterocycles. The van der Waals surface area contributed by atoms with Crippen molar-refractivity contribution in [2.24, 2.45) is 0 Å². The maximum Gasteiger partial charge on any atom is 0.216 e. The van der Waals surface area contributed by atoms with E-state index in [1.54, 1.807) is 13.0 Å². The Balaban J connectivity index is 3.06. The molecule has 1 heterocycles. The minimum atomic E-state index is -0.503. The van der Waals surface area contributed by atoms with Crippen LogP contribution in [0.15, 0.2) is 12.1 Å². The number of hydrogen-bond acceptors (Lipinski definition) is 2. The molecular formula is C7H8FNO. The molecule has 1 aromatic rings. The van der Waals surface area contributed by atoms with Gasteiger partial charge in [0.25, 0.3) is 0 Å². The molecule has 0 fully saturated rings. The third-order valence-electron chi connectivity index (χ3n) is 1.13. The molecule has 0 bridgehead atoms. The van der Waals surface area contributed by atoms with Gasteiger partial charge in [-0.25, -0.2) is 4.98 Å². The van der Waals surface area contributed by atoms with Gasteiger partial charge in [-0.3, -0.25) is 0 Å². The van der Waals surface area contributed by atoms with E-state index in [2.05, 4.69) is 4.98 Å². The number of rotatable bonds is 1. The van der Waals surface area contributed by atoms with Gasteiger partial charge in [-0.1, -0.05) is 0 Å². The predicted molar refractivity (Wildman–Crippen MR) is 35.5 cm³/mol. The Kier molecular flexibility index (Phi) is 1.85. The van der Waals surface area contributed by atoms with Crippen molar-refractivity contribution >= 4 is 0 Å². The Morgan fingerprint density at radius 3 is 2.70 bits per heavy atom. The maximum atomic E-state index is 12.4. The summed E-state index contributed by atoms with van der Waals surface area (Å²) in [6, 6.07) is 2.91. The SMILES string of the molecule is COc1cc(C)nc(F)c1. The van der Waals surface area contributed by atoms with Crippen molar-refractivity contribution < 1.29 is 9.13 Å².